The number of aryl methyl sites for hydroxylation is 2. The second kappa shape index (κ2) is 25.0. The molecule has 3 aromatic rings. The average molecular weight is 916 g/mol. The highest BCUT2D eigenvalue weighted by atomic mass is 16.4. The first-order valence-electron chi connectivity index (χ1n) is 22.5. The van der Waals surface area contributed by atoms with Gasteiger partial charge in [0.05, 0.1) is 0 Å². The van der Waals surface area contributed by atoms with Crippen molar-refractivity contribution in [3.8, 4) is 17.2 Å². The van der Waals surface area contributed by atoms with E-state index in [9.17, 15) is 54.0 Å². The topological polar surface area (TPSA) is 276 Å². The van der Waals surface area contributed by atoms with E-state index in [-0.39, 0.29) is 68.2 Å². The predicted molar refractivity (Wildman–Crippen MR) is 245 cm³/mol. The van der Waals surface area contributed by atoms with E-state index in [4.69, 9.17) is 0 Å². The Morgan fingerprint density at radius 3 is 1.76 bits per heavy atom. The van der Waals surface area contributed by atoms with Crippen molar-refractivity contribution in [2.75, 3.05) is 13.6 Å². The summed E-state index contributed by atoms with van der Waals surface area (Å²) >= 11 is 0. The van der Waals surface area contributed by atoms with Gasteiger partial charge >= 0.3 is 12.0 Å². The second-order valence-electron chi connectivity index (χ2n) is 17.3. The maximum Gasteiger partial charge on any atom is 0.326 e. The third-order valence-corrected chi connectivity index (χ3v) is 11.9. The Kier molecular flexibility index (Phi) is 19.6. The molecule has 66 heavy (non-hydrogen) atoms. The number of amides is 7. The summed E-state index contributed by atoms with van der Waals surface area (Å²) in [5.41, 5.74) is 2.04. The summed E-state index contributed by atoms with van der Waals surface area (Å²) in [4.78, 5) is 98.2. The Morgan fingerprint density at radius 1 is 0.697 bits per heavy atom. The molecule has 0 radical (unpaired) electrons. The number of nitrogens with zero attached hydrogens (tertiary/aromatic N) is 1. The smallest absolute Gasteiger partial charge is 0.326 e. The summed E-state index contributed by atoms with van der Waals surface area (Å²) in [7, 11) is 1.45. The van der Waals surface area contributed by atoms with Crippen molar-refractivity contribution in [1.29, 1.82) is 0 Å². The lowest BCUT2D eigenvalue weighted by Crippen LogP contribution is -2.61. The molecule has 0 aliphatic carbocycles. The first kappa shape index (κ1) is 51.8. The van der Waals surface area contributed by atoms with E-state index in [0.717, 1.165) is 11.1 Å². The molecular formula is C48H65N7O11. The fraction of sp³-hybridized carbons (Fsp3) is 0.479. The molecule has 10 N–H and O–H groups in total. The van der Waals surface area contributed by atoms with Crippen LogP contribution in [-0.2, 0) is 48.0 Å². The number of nitrogens with one attached hydrogen (secondary N) is 6. The number of carbonyl (C=O) groups excluding carboxylic acids is 6. The molecular weight excluding hydrogens is 851 g/mol. The number of hydrogen-bond acceptors (Lipinski definition) is 10. The van der Waals surface area contributed by atoms with E-state index in [1.807, 2.05) is 13.8 Å². The number of urea groups is 1. The molecule has 3 aromatic carbocycles. The minimum Gasteiger partial charge on any atom is -0.508 e. The summed E-state index contributed by atoms with van der Waals surface area (Å²) in [5, 5.41) is 55.6. The SMILES string of the molecule is CCC(C)C1NC(=O)C(CCc2ccc(O)cc2)N(C)C(=O)C(CCc2ccc(O)cc2)NC(=O)C(C(C)C)NC(=O)C(NC(=O)NC(Cc2ccc(O)cc2)C(=O)O)CCCCNC1=O. The molecule has 1 heterocycles. The molecule has 0 saturated carbocycles. The van der Waals surface area contributed by atoms with Crippen LogP contribution in [0.3, 0.4) is 0 Å². The van der Waals surface area contributed by atoms with E-state index in [2.05, 4.69) is 31.9 Å². The molecule has 1 fully saturated rings. The zero-order valence-corrected chi connectivity index (χ0v) is 38.2. The lowest BCUT2D eigenvalue weighted by molar-refractivity contribution is -0.143. The van der Waals surface area contributed by atoms with E-state index in [0.29, 0.717) is 24.8 Å². The number of carboxylic acids is 1. The van der Waals surface area contributed by atoms with Gasteiger partial charge in [-0.05, 0) is 110 Å². The molecule has 0 bridgehead atoms. The van der Waals surface area contributed by atoms with E-state index < -0.39 is 83.7 Å². The number of aromatic hydroxyl groups is 3. The largest absolute Gasteiger partial charge is 0.508 e. The van der Waals surface area contributed by atoms with Crippen molar-refractivity contribution in [3.63, 3.8) is 0 Å². The van der Waals surface area contributed by atoms with Gasteiger partial charge in [0.15, 0.2) is 0 Å². The molecule has 358 valence electrons. The lowest BCUT2D eigenvalue weighted by Gasteiger charge is -2.33. The Bertz CT molecular complexity index is 2120. The fourth-order valence-corrected chi connectivity index (χ4v) is 7.59. The van der Waals surface area contributed by atoms with Crippen LogP contribution < -0.4 is 31.9 Å². The molecule has 18 nitrogen and oxygen atoms in total. The number of phenols is 3. The molecule has 1 saturated heterocycles. The summed E-state index contributed by atoms with van der Waals surface area (Å²) in [6, 6.07) is 10.3. The number of hydrogen-bond donors (Lipinski definition) is 10. The van der Waals surface area contributed by atoms with Gasteiger partial charge in [-0.3, -0.25) is 24.0 Å². The van der Waals surface area contributed by atoms with Crippen molar-refractivity contribution < 1.29 is 54.0 Å². The minimum absolute atomic E-state index is 0.0179. The van der Waals surface area contributed by atoms with Crippen LogP contribution in [0, 0.1) is 11.8 Å². The van der Waals surface area contributed by atoms with Crippen LogP contribution in [-0.4, -0.2) is 117 Å². The van der Waals surface area contributed by atoms with Gasteiger partial charge in [0.25, 0.3) is 0 Å². The number of carbonyl (C=O) groups is 7. The van der Waals surface area contributed by atoms with Gasteiger partial charge in [0.1, 0.15) is 53.5 Å². The predicted octanol–water partition coefficient (Wildman–Crippen LogP) is 3.02. The summed E-state index contributed by atoms with van der Waals surface area (Å²) < 4.78 is 0. The van der Waals surface area contributed by atoms with Gasteiger partial charge in [0, 0.05) is 20.0 Å². The van der Waals surface area contributed by atoms with Crippen LogP contribution in [0.1, 0.15) is 82.9 Å². The normalized spacial score (nSPS) is 21.5. The first-order valence-corrected chi connectivity index (χ1v) is 22.5. The molecule has 1 aliphatic rings. The van der Waals surface area contributed by atoms with Crippen LogP contribution in [0.5, 0.6) is 17.2 Å². The Morgan fingerprint density at radius 2 is 1.23 bits per heavy atom. The van der Waals surface area contributed by atoms with E-state index >= 15 is 0 Å². The average Bonchev–Trinajstić information content (AvgIpc) is 3.28. The third-order valence-electron chi connectivity index (χ3n) is 11.9. The standard InChI is InChI=1S/C48H65N7O11/c1-6-29(4)41-44(61)49-26-8-7-9-36(51-48(66)52-38(47(64)65)27-32-14-22-35(58)23-15-32)42(59)53-40(28(2)3)45(62)50-37(24-16-30-10-18-33(56)19-11-30)46(63)55(5)39(43(60)54-41)25-17-31-12-20-34(57)21-13-31/h10-15,18-23,28-29,36-41,56-58H,6-9,16-17,24-27H2,1-5H3,(H,49,61)(H,50,62)(H,53,59)(H,54,60)(H,64,65)(H2,51,52,66). The van der Waals surface area contributed by atoms with Crippen LogP contribution in [0.25, 0.3) is 0 Å². The van der Waals surface area contributed by atoms with Crippen molar-refractivity contribution in [2.24, 2.45) is 11.8 Å². The first-order chi connectivity index (χ1) is 31.4. The van der Waals surface area contributed by atoms with Crippen LogP contribution >= 0.6 is 0 Å². The molecule has 7 amide bonds. The van der Waals surface area contributed by atoms with Gasteiger partial charge in [0.2, 0.25) is 29.5 Å². The second-order valence-corrected chi connectivity index (χ2v) is 17.3. The van der Waals surface area contributed by atoms with Crippen molar-refractivity contribution in [3.05, 3.63) is 89.5 Å². The maximum absolute atomic E-state index is 14.7. The lowest BCUT2D eigenvalue weighted by atomic mass is 9.96. The van der Waals surface area contributed by atoms with E-state index in [1.54, 1.807) is 38.1 Å². The summed E-state index contributed by atoms with van der Waals surface area (Å²) in [6.45, 7) is 7.21. The van der Waals surface area contributed by atoms with Gasteiger partial charge in [-0.15, -0.1) is 0 Å². The van der Waals surface area contributed by atoms with Gasteiger partial charge < -0.3 is 57.2 Å². The Hall–Kier alpha value is -6.85. The zero-order chi connectivity index (χ0) is 48.5. The van der Waals surface area contributed by atoms with E-state index in [1.165, 1.54) is 60.5 Å². The quantitative estimate of drug-likeness (QED) is 0.112. The number of aliphatic carboxylic acids is 1. The highest BCUT2D eigenvalue weighted by molar-refractivity contribution is 5.96. The number of phenolic OH excluding ortho intramolecular Hbond substituents is 3. The molecule has 0 spiro atoms. The molecule has 7 atom stereocenters. The van der Waals surface area contributed by atoms with Crippen molar-refractivity contribution in [2.45, 2.75) is 122 Å². The molecule has 1 aliphatic heterocycles. The Labute approximate surface area is 385 Å². The van der Waals surface area contributed by atoms with Crippen LogP contribution in [0.2, 0.25) is 0 Å². The monoisotopic (exact) mass is 915 g/mol. The third kappa shape index (κ3) is 15.7. The molecule has 4 rings (SSSR count). The van der Waals surface area contributed by atoms with Gasteiger partial charge in [-0.25, -0.2) is 9.59 Å². The summed E-state index contributed by atoms with van der Waals surface area (Å²) in [5.74, 6) is -5.26. The van der Waals surface area contributed by atoms with Crippen LogP contribution in [0.4, 0.5) is 4.79 Å². The highest BCUT2D eigenvalue weighted by Crippen LogP contribution is 2.19. The molecule has 0 aromatic heterocycles. The zero-order valence-electron chi connectivity index (χ0n) is 38.2. The number of likely N-dealkylation sites (N-methyl/N-ethyl adjacent to an activating group) is 1. The minimum atomic E-state index is -1.41. The number of rotatable bonds is 14. The van der Waals surface area contributed by atoms with Crippen molar-refractivity contribution >= 4 is 41.5 Å². The van der Waals surface area contributed by atoms with Crippen LogP contribution in [0.15, 0.2) is 72.8 Å². The fourth-order valence-electron chi connectivity index (χ4n) is 7.59. The molecule has 18 heteroatoms. The number of benzene rings is 3. The van der Waals surface area contributed by atoms with Gasteiger partial charge in [-0.2, -0.15) is 0 Å². The summed E-state index contributed by atoms with van der Waals surface area (Å²) in [6.07, 6.45) is 1.76. The van der Waals surface area contributed by atoms with Crippen molar-refractivity contribution in [1.82, 2.24) is 36.8 Å². The molecule has 7 unspecified atom stereocenters. The maximum atomic E-state index is 14.7. The highest BCUT2D eigenvalue weighted by Gasteiger charge is 2.37. The van der Waals surface area contributed by atoms with Gasteiger partial charge in [-0.1, -0.05) is 70.5 Å². The number of carboxylic acid groups (broad SMARTS) is 1. The Balaban J connectivity index is 1.69.